The van der Waals surface area contributed by atoms with E-state index in [1.807, 2.05) is 49.4 Å². The van der Waals surface area contributed by atoms with Gasteiger partial charge in [-0.2, -0.15) is 4.98 Å². The van der Waals surface area contributed by atoms with E-state index in [0.717, 1.165) is 41.3 Å². The van der Waals surface area contributed by atoms with Crippen LogP contribution >= 0.6 is 0 Å². The number of hydrogen-bond donors (Lipinski definition) is 1. The molecule has 2 aromatic carbocycles. The number of aromatic nitrogens is 4. The van der Waals surface area contributed by atoms with Crippen LogP contribution in [0, 0.1) is 13.8 Å². The van der Waals surface area contributed by atoms with E-state index in [4.69, 9.17) is 4.52 Å². The number of piperidine rings is 1. The van der Waals surface area contributed by atoms with Crippen molar-refractivity contribution in [2.24, 2.45) is 0 Å². The van der Waals surface area contributed by atoms with Gasteiger partial charge < -0.3 is 9.63 Å². The van der Waals surface area contributed by atoms with Crippen molar-refractivity contribution in [1.29, 1.82) is 0 Å². The maximum atomic E-state index is 11.1. The van der Waals surface area contributed by atoms with Gasteiger partial charge in [0.2, 0.25) is 11.7 Å². The molecule has 1 saturated heterocycles. The number of hydrogen-bond acceptors (Lipinski definition) is 7. The van der Waals surface area contributed by atoms with Crippen molar-refractivity contribution in [3.63, 3.8) is 0 Å². The van der Waals surface area contributed by atoms with Crippen LogP contribution in [0.3, 0.4) is 0 Å². The summed E-state index contributed by atoms with van der Waals surface area (Å²) >= 11 is 0. The Balaban J connectivity index is 1.22. The molecule has 0 atom stereocenters. The molecule has 3 heterocycles. The summed E-state index contributed by atoms with van der Waals surface area (Å²) in [5, 5.41) is 15.3. The number of benzene rings is 2. The lowest BCUT2D eigenvalue weighted by Crippen LogP contribution is -2.42. The number of aliphatic hydroxyl groups is 1. The fraction of sp³-hybridized carbons (Fsp3) is 0.308. The number of likely N-dealkylation sites (tertiary alicyclic amines) is 1. The molecule has 0 amide bonds. The molecule has 0 aliphatic carbocycles. The van der Waals surface area contributed by atoms with Crippen molar-refractivity contribution in [2.45, 2.75) is 38.8 Å². The zero-order chi connectivity index (χ0) is 22.8. The van der Waals surface area contributed by atoms with Gasteiger partial charge in [0.05, 0.1) is 17.8 Å². The Labute approximate surface area is 193 Å². The highest BCUT2D eigenvalue weighted by molar-refractivity contribution is 5.64. The molecule has 0 unspecified atom stereocenters. The highest BCUT2D eigenvalue weighted by atomic mass is 16.5. The second-order valence-corrected chi connectivity index (χ2v) is 8.76. The molecule has 0 saturated carbocycles. The molecule has 0 spiro atoms. The maximum Gasteiger partial charge on any atom is 0.241 e. The summed E-state index contributed by atoms with van der Waals surface area (Å²) in [4.78, 5) is 15.5. The standard InChI is InChI=1S/C26H27N5O2/c1-18-4-3-5-22(16-18)26(32)11-14-31(15-12-26)17-24-29-25(30-33-24)21-8-6-20(7-9-21)23-10-13-27-19(2)28-23/h3-10,13,16,32H,11-12,14-15,17H2,1-2H3. The third-order valence-electron chi connectivity index (χ3n) is 6.28. The lowest BCUT2D eigenvalue weighted by atomic mass is 9.84. The van der Waals surface area contributed by atoms with E-state index in [0.29, 0.717) is 31.1 Å². The molecule has 4 aromatic rings. The molecule has 1 aliphatic heterocycles. The molecule has 2 aromatic heterocycles. The van der Waals surface area contributed by atoms with E-state index in [1.54, 1.807) is 6.20 Å². The summed E-state index contributed by atoms with van der Waals surface area (Å²) in [6.45, 7) is 6.06. The van der Waals surface area contributed by atoms with E-state index >= 15 is 0 Å². The summed E-state index contributed by atoms with van der Waals surface area (Å²) in [7, 11) is 0. The average Bonchev–Trinajstić information content (AvgIpc) is 3.29. The van der Waals surface area contributed by atoms with Gasteiger partial charge in [0.1, 0.15) is 5.82 Å². The van der Waals surface area contributed by atoms with E-state index in [2.05, 4.69) is 44.1 Å². The van der Waals surface area contributed by atoms with Crippen LogP contribution in [0.2, 0.25) is 0 Å². The number of rotatable bonds is 5. The first-order valence-corrected chi connectivity index (χ1v) is 11.2. The molecule has 7 nitrogen and oxygen atoms in total. The van der Waals surface area contributed by atoms with Crippen molar-refractivity contribution in [3.05, 3.63) is 83.6 Å². The van der Waals surface area contributed by atoms with Gasteiger partial charge in [0.15, 0.2) is 0 Å². The Hall–Kier alpha value is -3.42. The Morgan fingerprint density at radius 1 is 0.970 bits per heavy atom. The van der Waals surface area contributed by atoms with Crippen molar-refractivity contribution in [2.75, 3.05) is 13.1 Å². The first-order chi connectivity index (χ1) is 16.0. The largest absolute Gasteiger partial charge is 0.385 e. The normalized spacial score (nSPS) is 16.1. The fourth-order valence-corrected chi connectivity index (χ4v) is 4.34. The minimum absolute atomic E-state index is 0.573. The minimum atomic E-state index is -0.771. The molecule has 1 N–H and O–H groups in total. The quantitative estimate of drug-likeness (QED) is 0.494. The monoisotopic (exact) mass is 441 g/mol. The van der Waals surface area contributed by atoms with Crippen molar-refractivity contribution in [1.82, 2.24) is 25.0 Å². The summed E-state index contributed by atoms with van der Waals surface area (Å²) in [5.74, 6) is 1.90. The third kappa shape index (κ3) is 4.69. The predicted molar refractivity (Wildman–Crippen MR) is 125 cm³/mol. The second-order valence-electron chi connectivity index (χ2n) is 8.76. The van der Waals surface area contributed by atoms with E-state index in [9.17, 15) is 5.11 Å². The molecular formula is C26H27N5O2. The molecule has 0 bridgehead atoms. The Morgan fingerprint density at radius 2 is 1.73 bits per heavy atom. The molecule has 33 heavy (non-hydrogen) atoms. The summed E-state index contributed by atoms with van der Waals surface area (Å²) < 4.78 is 5.52. The fourth-order valence-electron chi connectivity index (χ4n) is 4.34. The van der Waals surface area contributed by atoms with Gasteiger partial charge >= 0.3 is 0 Å². The summed E-state index contributed by atoms with van der Waals surface area (Å²) in [6, 6.07) is 18.0. The van der Waals surface area contributed by atoms with Crippen molar-refractivity contribution >= 4 is 0 Å². The predicted octanol–water partition coefficient (Wildman–Crippen LogP) is 4.29. The number of aryl methyl sites for hydroxylation is 2. The summed E-state index contributed by atoms with van der Waals surface area (Å²) in [5.41, 5.74) is 4.20. The van der Waals surface area contributed by atoms with E-state index in [1.165, 1.54) is 5.56 Å². The van der Waals surface area contributed by atoms with Gasteiger partial charge in [0, 0.05) is 30.4 Å². The first-order valence-electron chi connectivity index (χ1n) is 11.2. The first kappa shape index (κ1) is 21.4. The Bertz CT molecular complexity index is 1240. The van der Waals surface area contributed by atoms with Gasteiger partial charge in [-0.1, -0.05) is 59.3 Å². The molecule has 0 radical (unpaired) electrons. The average molecular weight is 442 g/mol. The SMILES string of the molecule is Cc1cccc(C2(O)CCN(Cc3nc(-c4ccc(-c5ccnc(C)n5)cc4)no3)CC2)c1. The highest BCUT2D eigenvalue weighted by Gasteiger charge is 2.34. The second kappa shape index (κ2) is 8.84. The Kier molecular flexibility index (Phi) is 5.74. The molecule has 7 heteroatoms. The zero-order valence-corrected chi connectivity index (χ0v) is 18.9. The van der Waals surface area contributed by atoms with Crippen LogP contribution in [0.15, 0.2) is 65.3 Å². The van der Waals surface area contributed by atoms with Crippen LogP contribution in [0.1, 0.15) is 35.7 Å². The Morgan fingerprint density at radius 3 is 2.45 bits per heavy atom. The minimum Gasteiger partial charge on any atom is -0.385 e. The molecule has 5 rings (SSSR count). The zero-order valence-electron chi connectivity index (χ0n) is 18.9. The van der Waals surface area contributed by atoms with Crippen LogP contribution < -0.4 is 0 Å². The van der Waals surface area contributed by atoms with Crippen LogP contribution in [-0.2, 0) is 12.1 Å². The van der Waals surface area contributed by atoms with Gasteiger partial charge in [-0.3, -0.25) is 4.90 Å². The summed E-state index contributed by atoms with van der Waals surface area (Å²) in [6.07, 6.45) is 3.13. The smallest absolute Gasteiger partial charge is 0.241 e. The van der Waals surface area contributed by atoms with Crippen molar-refractivity contribution in [3.8, 4) is 22.6 Å². The van der Waals surface area contributed by atoms with Crippen LogP contribution in [0.5, 0.6) is 0 Å². The van der Waals surface area contributed by atoms with E-state index in [-0.39, 0.29) is 0 Å². The van der Waals surface area contributed by atoms with Gasteiger partial charge in [-0.15, -0.1) is 0 Å². The number of nitrogens with zero attached hydrogens (tertiary/aromatic N) is 5. The lowest BCUT2D eigenvalue weighted by Gasteiger charge is -2.38. The third-order valence-corrected chi connectivity index (χ3v) is 6.28. The van der Waals surface area contributed by atoms with Gasteiger partial charge in [-0.25, -0.2) is 9.97 Å². The van der Waals surface area contributed by atoms with Crippen LogP contribution in [-0.4, -0.2) is 43.2 Å². The van der Waals surface area contributed by atoms with Crippen LogP contribution in [0.25, 0.3) is 22.6 Å². The molecule has 168 valence electrons. The highest BCUT2D eigenvalue weighted by Crippen LogP contribution is 2.33. The van der Waals surface area contributed by atoms with E-state index < -0.39 is 5.60 Å². The van der Waals surface area contributed by atoms with Crippen LogP contribution in [0.4, 0.5) is 0 Å². The van der Waals surface area contributed by atoms with Crippen molar-refractivity contribution < 1.29 is 9.63 Å². The molecule has 1 aliphatic rings. The lowest BCUT2D eigenvalue weighted by molar-refractivity contribution is -0.0295. The topological polar surface area (TPSA) is 88.2 Å². The maximum absolute atomic E-state index is 11.1. The molecular weight excluding hydrogens is 414 g/mol. The molecule has 1 fully saturated rings. The van der Waals surface area contributed by atoms with Gasteiger partial charge in [-0.05, 0) is 38.3 Å². The van der Waals surface area contributed by atoms with Gasteiger partial charge in [0.25, 0.3) is 0 Å².